The minimum absolute atomic E-state index is 0.235. The van der Waals surface area contributed by atoms with Crippen LogP contribution in [0.1, 0.15) is 5.56 Å². The van der Waals surface area contributed by atoms with Crippen LogP contribution in [0.5, 0.6) is 17.2 Å². The first kappa shape index (κ1) is 13.6. The van der Waals surface area contributed by atoms with Gasteiger partial charge in [0.2, 0.25) is 6.79 Å². The van der Waals surface area contributed by atoms with E-state index in [1.807, 2.05) is 41.2 Å². The molecular weight excluding hydrogens is 294 g/mol. The number of fused-ring (bicyclic) bond motifs is 1. The molecule has 2 aromatic heterocycles. The van der Waals surface area contributed by atoms with Gasteiger partial charge in [0.1, 0.15) is 5.75 Å². The summed E-state index contributed by atoms with van der Waals surface area (Å²) in [4.78, 5) is 8.59. The number of hydrogen-bond acceptors (Lipinski definition) is 5. The van der Waals surface area contributed by atoms with Crippen LogP contribution < -0.4 is 14.2 Å². The maximum Gasteiger partial charge on any atom is 0.231 e. The molecule has 3 heterocycles. The zero-order valence-corrected chi connectivity index (χ0v) is 12.6. The number of hydrogen-bond donors (Lipinski definition) is 0. The molecule has 0 atom stereocenters. The van der Waals surface area contributed by atoms with E-state index >= 15 is 0 Å². The summed E-state index contributed by atoms with van der Waals surface area (Å²) < 4.78 is 18.3. The summed E-state index contributed by atoms with van der Waals surface area (Å²) in [6.07, 6.45) is 7.34. The number of pyridine rings is 1. The first-order valence-corrected chi connectivity index (χ1v) is 7.22. The number of ether oxygens (including phenoxy) is 3. The van der Waals surface area contributed by atoms with Gasteiger partial charge in [-0.1, -0.05) is 6.07 Å². The zero-order chi connectivity index (χ0) is 15.6. The van der Waals surface area contributed by atoms with Crippen molar-refractivity contribution in [3.63, 3.8) is 0 Å². The second kappa shape index (κ2) is 5.64. The molecular formula is C17H15N3O3. The standard InChI is InChI=1S/C17H15N3O3/c1-21-15-7-17-16(22-11-23-17)6-13(15)14-3-2-12(8-19-14)9-20-5-4-18-10-20/h2-8,10H,9,11H2,1H3. The van der Waals surface area contributed by atoms with Gasteiger partial charge >= 0.3 is 0 Å². The lowest BCUT2D eigenvalue weighted by molar-refractivity contribution is 0.174. The summed E-state index contributed by atoms with van der Waals surface area (Å²) in [7, 11) is 1.63. The number of rotatable bonds is 4. The molecule has 0 aliphatic carbocycles. The van der Waals surface area contributed by atoms with Gasteiger partial charge < -0.3 is 18.8 Å². The molecule has 0 saturated carbocycles. The van der Waals surface area contributed by atoms with E-state index in [4.69, 9.17) is 14.2 Å². The van der Waals surface area contributed by atoms with Gasteiger partial charge in [-0.3, -0.25) is 4.98 Å². The third-order valence-corrected chi connectivity index (χ3v) is 3.72. The van der Waals surface area contributed by atoms with Gasteiger partial charge in [0, 0.05) is 36.8 Å². The van der Waals surface area contributed by atoms with Crippen LogP contribution >= 0.6 is 0 Å². The number of aromatic nitrogens is 3. The SMILES string of the molecule is COc1cc2c(cc1-c1ccc(Cn3ccnc3)cn1)OCO2. The monoisotopic (exact) mass is 309 g/mol. The summed E-state index contributed by atoms with van der Waals surface area (Å²) in [5.74, 6) is 2.12. The van der Waals surface area contributed by atoms with E-state index in [0.717, 1.165) is 23.4 Å². The van der Waals surface area contributed by atoms with E-state index in [1.54, 1.807) is 19.6 Å². The minimum atomic E-state index is 0.235. The van der Waals surface area contributed by atoms with Gasteiger partial charge in [0.05, 0.1) is 19.1 Å². The Morgan fingerprint density at radius 1 is 1.22 bits per heavy atom. The van der Waals surface area contributed by atoms with Crippen LogP contribution in [-0.2, 0) is 6.54 Å². The average Bonchev–Trinajstić information content (AvgIpc) is 3.25. The fourth-order valence-electron chi connectivity index (χ4n) is 2.56. The lowest BCUT2D eigenvalue weighted by Crippen LogP contribution is -1.97. The Kier molecular flexibility index (Phi) is 3.34. The van der Waals surface area contributed by atoms with Crippen molar-refractivity contribution in [2.75, 3.05) is 13.9 Å². The van der Waals surface area contributed by atoms with Crippen LogP contribution in [0, 0.1) is 0 Å². The molecule has 0 spiro atoms. The van der Waals surface area contributed by atoms with Crippen LogP contribution in [0.4, 0.5) is 0 Å². The van der Waals surface area contributed by atoms with E-state index < -0.39 is 0 Å². The van der Waals surface area contributed by atoms with E-state index in [1.165, 1.54) is 0 Å². The Hall–Kier alpha value is -3.02. The Labute approximate surface area is 133 Å². The summed E-state index contributed by atoms with van der Waals surface area (Å²) >= 11 is 0. The van der Waals surface area contributed by atoms with Gasteiger partial charge in [-0.05, 0) is 17.7 Å². The fourth-order valence-corrected chi connectivity index (χ4v) is 2.56. The maximum absolute atomic E-state index is 5.45. The fraction of sp³-hybridized carbons (Fsp3) is 0.176. The number of methoxy groups -OCH3 is 1. The third-order valence-electron chi connectivity index (χ3n) is 3.72. The van der Waals surface area contributed by atoms with Crippen molar-refractivity contribution in [3.05, 3.63) is 54.7 Å². The van der Waals surface area contributed by atoms with E-state index in [2.05, 4.69) is 9.97 Å². The van der Waals surface area contributed by atoms with Gasteiger partial charge in [-0.2, -0.15) is 0 Å². The molecule has 116 valence electrons. The predicted octanol–water partition coefficient (Wildman–Crippen LogP) is 2.73. The van der Waals surface area contributed by atoms with Crippen molar-refractivity contribution in [1.29, 1.82) is 0 Å². The number of benzene rings is 1. The van der Waals surface area contributed by atoms with Gasteiger partial charge in [-0.15, -0.1) is 0 Å². The Morgan fingerprint density at radius 2 is 2.09 bits per heavy atom. The van der Waals surface area contributed by atoms with Crippen LogP contribution in [-0.4, -0.2) is 28.4 Å². The van der Waals surface area contributed by atoms with Crippen molar-refractivity contribution in [1.82, 2.24) is 14.5 Å². The molecule has 0 unspecified atom stereocenters. The van der Waals surface area contributed by atoms with Crippen LogP contribution in [0.2, 0.25) is 0 Å². The highest BCUT2D eigenvalue weighted by Crippen LogP contribution is 2.41. The van der Waals surface area contributed by atoms with E-state index in [9.17, 15) is 0 Å². The minimum Gasteiger partial charge on any atom is -0.496 e. The number of imidazole rings is 1. The smallest absolute Gasteiger partial charge is 0.231 e. The van der Waals surface area contributed by atoms with Crippen molar-refractivity contribution in [2.24, 2.45) is 0 Å². The zero-order valence-electron chi connectivity index (χ0n) is 12.6. The molecule has 0 saturated heterocycles. The van der Waals surface area contributed by atoms with Crippen LogP contribution in [0.15, 0.2) is 49.2 Å². The molecule has 6 heteroatoms. The molecule has 1 aromatic carbocycles. The van der Waals surface area contributed by atoms with E-state index in [0.29, 0.717) is 17.2 Å². The van der Waals surface area contributed by atoms with E-state index in [-0.39, 0.29) is 6.79 Å². The van der Waals surface area contributed by atoms with Gasteiger partial charge in [0.25, 0.3) is 0 Å². The van der Waals surface area contributed by atoms with Crippen LogP contribution in [0.3, 0.4) is 0 Å². The lowest BCUT2D eigenvalue weighted by atomic mass is 10.1. The molecule has 1 aliphatic heterocycles. The highest BCUT2D eigenvalue weighted by atomic mass is 16.7. The second-order valence-electron chi connectivity index (χ2n) is 5.19. The molecule has 6 nitrogen and oxygen atoms in total. The van der Waals surface area contributed by atoms with Crippen molar-refractivity contribution in [3.8, 4) is 28.5 Å². The summed E-state index contributed by atoms with van der Waals surface area (Å²) in [5.41, 5.74) is 2.81. The van der Waals surface area contributed by atoms with Crippen LogP contribution in [0.25, 0.3) is 11.3 Å². The average molecular weight is 309 g/mol. The summed E-state index contributed by atoms with van der Waals surface area (Å²) in [5, 5.41) is 0. The topological polar surface area (TPSA) is 58.4 Å². The summed E-state index contributed by atoms with van der Waals surface area (Å²) in [6.45, 7) is 0.977. The highest BCUT2D eigenvalue weighted by molar-refractivity contribution is 5.72. The quantitative estimate of drug-likeness (QED) is 0.741. The molecule has 3 aromatic rings. The maximum atomic E-state index is 5.45. The second-order valence-corrected chi connectivity index (χ2v) is 5.19. The Morgan fingerprint density at radius 3 is 2.78 bits per heavy atom. The largest absolute Gasteiger partial charge is 0.496 e. The normalized spacial score (nSPS) is 12.4. The number of nitrogens with zero attached hydrogens (tertiary/aromatic N) is 3. The molecule has 0 bridgehead atoms. The molecule has 0 radical (unpaired) electrons. The Balaban J connectivity index is 1.65. The summed E-state index contributed by atoms with van der Waals surface area (Å²) in [6, 6.07) is 7.76. The molecule has 0 N–H and O–H groups in total. The van der Waals surface area contributed by atoms with Crippen molar-refractivity contribution < 1.29 is 14.2 Å². The van der Waals surface area contributed by atoms with Crippen molar-refractivity contribution >= 4 is 0 Å². The molecule has 0 fully saturated rings. The lowest BCUT2D eigenvalue weighted by Gasteiger charge is -2.10. The van der Waals surface area contributed by atoms with Gasteiger partial charge in [-0.25, -0.2) is 4.98 Å². The first-order valence-electron chi connectivity index (χ1n) is 7.22. The molecule has 23 heavy (non-hydrogen) atoms. The highest BCUT2D eigenvalue weighted by Gasteiger charge is 2.19. The predicted molar refractivity (Wildman–Crippen MR) is 83.7 cm³/mol. The molecule has 1 aliphatic rings. The first-order chi connectivity index (χ1) is 11.3. The molecule has 0 amide bonds. The third kappa shape index (κ3) is 2.59. The molecule has 4 rings (SSSR count). The Bertz CT molecular complexity index is 814. The van der Waals surface area contributed by atoms with Gasteiger partial charge in [0.15, 0.2) is 11.5 Å². The van der Waals surface area contributed by atoms with Crippen molar-refractivity contribution in [2.45, 2.75) is 6.54 Å².